The van der Waals surface area contributed by atoms with Crippen molar-refractivity contribution in [3.8, 4) is 5.75 Å². The molecule has 2 aromatic carbocycles. The zero-order valence-corrected chi connectivity index (χ0v) is 14.3. The predicted molar refractivity (Wildman–Crippen MR) is 98.0 cm³/mol. The molecule has 136 valence electrons. The third kappa shape index (κ3) is 5.34. The molecule has 0 saturated heterocycles. The van der Waals surface area contributed by atoms with E-state index in [9.17, 15) is 20.0 Å². The average molecular weight is 356 g/mol. The molecule has 0 bridgehead atoms. The molecule has 0 spiro atoms. The Morgan fingerprint density at radius 2 is 1.96 bits per heavy atom. The van der Waals surface area contributed by atoms with Crippen molar-refractivity contribution in [2.24, 2.45) is 0 Å². The van der Waals surface area contributed by atoms with Crippen LogP contribution in [0.1, 0.15) is 24.9 Å². The molecule has 0 radical (unpaired) electrons. The van der Waals surface area contributed by atoms with Gasteiger partial charge in [0, 0.05) is 18.2 Å². The summed E-state index contributed by atoms with van der Waals surface area (Å²) in [5, 5.41) is 24.0. The quantitative estimate of drug-likeness (QED) is 0.244. The molecule has 7 heteroatoms. The Labute approximate surface area is 151 Å². The first-order valence-electron chi connectivity index (χ1n) is 8.13. The van der Waals surface area contributed by atoms with Crippen molar-refractivity contribution in [1.82, 2.24) is 0 Å². The number of nitro benzene ring substituents is 1. The summed E-state index contributed by atoms with van der Waals surface area (Å²) in [5.74, 6) is -0.341. The van der Waals surface area contributed by atoms with E-state index in [0.29, 0.717) is 18.7 Å². The van der Waals surface area contributed by atoms with Crippen LogP contribution in [0.2, 0.25) is 0 Å². The number of phenols is 1. The number of hydrogen-bond donors (Lipinski definition) is 2. The average Bonchev–Trinajstić information content (AvgIpc) is 2.63. The van der Waals surface area contributed by atoms with E-state index in [4.69, 9.17) is 4.74 Å². The molecule has 1 atom stereocenters. The number of non-ortho nitro benzene ring substituents is 1. The topological polar surface area (TPSA) is 102 Å². The zero-order chi connectivity index (χ0) is 18.9. The summed E-state index contributed by atoms with van der Waals surface area (Å²) in [7, 11) is 0. The van der Waals surface area contributed by atoms with Crippen LogP contribution in [0.5, 0.6) is 5.75 Å². The number of carbonyl (C=O) groups excluding carboxylic acids is 1. The van der Waals surface area contributed by atoms with Crippen LogP contribution in [0.3, 0.4) is 0 Å². The van der Waals surface area contributed by atoms with Gasteiger partial charge in [0.15, 0.2) is 0 Å². The molecule has 2 rings (SSSR count). The van der Waals surface area contributed by atoms with Crippen molar-refractivity contribution in [2.75, 3.05) is 11.9 Å². The number of hydrogen-bond acceptors (Lipinski definition) is 6. The van der Waals surface area contributed by atoms with Gasteiger partial charge in [0.1, 0.15) is 5.75 Å². The lowest BCUT2D eigenvalue weighted by Crippen LogP contribution is -2.10. The number of rotatable bonds is 8. The molecule has 0 aromatic heterocycles. The first-order chi connectivity index (χ1) is 12.5. The van der Waals surface area contributed by atoms with Gasteiger partial charge in [0.2, 0.25) is 0 Å². The van der Waals surface area contributed by atoms with Crippen molar-refractivity contribution >= 4 is 17.3 Å². The second-order valence-corrected chi connectivity index (χ2v) is 5.45. The maximum absolute atomic E-state index is 11.4. The van der Waals surface area contributed by atoms with Crippen LogP contribution in [0.15, 0.2) is 60.7 Å². The van der Waals surface area contributed by atoms with Crippen molar-refractivity contribution in [3.05, 3.63) is 76.4 Å². The summed E-state index contributed by atoms with van der Waals surface area (Å²) in [6.07, 6.45) is 3.43. The minimum Gasteiger partial charge on any atom is -0.506 e. The normalized spacial score (nSPS) is 11.9. The van der Waals surface area contributed by atoms with E-state index in [1.807, 2.05) is 0 Å². The smallest absolute Gasteiger partial charge is 0.330 e. The van der Waals surface area contributed by atoms with Gasteiger partial charge in [0.25, 0.3) is 5.69 Å². The Morgan fingerprint density at radius 3 is 2.58 bits per heavy atom. The Hall–Kier alpha value is -3.35. The highest BCUT2D eigenvalue weighted by atomic mass is 16.6. The van der Waals surface area contributed by atoms with E-state index in [0.717, 1.165) is 5.56 Å². The van der Waals surface area contributed by atoms with E-state index in [1.54, 1.807) is 49.4 Å². The highest BCUT2D eigenvalue weighted by Crippen LogP contribution is 2.29. The number of anilines is 1. The number of carbonyl (C=O) groups is 1. The molecule has 7 nitrogen and oxygen atoms in total. The number of ether oxygens (including phenoxy) is 1. The predicted octanol–water partition coefficient (Wildman–Crippen LogP) is 3.96. The Morgan fingerprint density at radius 1 is 1.27 bits per heavy atom. The lowest BCUT2D eigenvalue weighted by molar-refractivity contribution is -0.384. The van der Waals surface area contributed by atoms with Crippen LogP contribution >= 0.6 is 0 Å². The first-order valence-corrected chi connectivity index (χ1v) is 8.13. The second kappa shape index (κ2) is 9.22. The number of phenolic OH excluding ortho intramolecular Hbond substituents is 1. The fourth-order valence-electron chi connectivity index (χ4n) is 2.38. The maximum atomic E-state index is 11.4. The first kappa shape index (κ1) is 19.0. The SMILES string of the molecule is CCOC(=O)/C=C/CC(Nc1ccccc1O)c1ccc([N+](=O)[O-])cc1. The fraction of sp³-hybridized carbons (Fsp3) is 0.211. The number of nitro groups is 1. The second-order valence-electron chi connectivity index (χ2n) is 5.45. The van der Waals surface area contributed by atoms with Gasteiger partial charge in [-0.15, -0.1) is 0 Å². The van der Waals surface area contributed by atoms with Crippen LogP contribution in [-0.4, -0.2) is 22.6 Å². The minimum absolute atomic E-state index is 0.00266. The largest absolute Gasteiger partial charge is 0.506 e. The molecule has 0 fully saturated rings. The Bertz CT molecular complexity index is 787. The molecule has 0 aliphatic rings. The van der Waals surface area contributed by atoms with Crippen molar-refractivity contribution in [2.45, 2.75) is 19.4 Å². The summed E-state index contributed by atoms with van der Waals surface area (Å²) in [5.41, 5.74) is 1.31. The molecule has 2 aromatic rings. The zero-order valence-electron chi connectivity index (χ0n) is 14.3. The van der Waals surface area contributed by atoms with E-state index < -0.39 is 10.9 Å². The van der Waals surface area contributed by atoms with Crippen molar-refractivity contribution < 1.29 is 19.6 Å². The summed E-state index contributed by atoms with van der Waals surface area (Å²) in [6.45, 7) is 2.02. The van der Waals surface area contributed by atoms with E-state index in [-0.39, 0.29) is 17.5 Å². The van der Waals surface area contributed by atoms with Gasteiger partial charge in [-0.05, 0) is 31.0 Å². The highest BCUT2D eigenvalue weighted by molar-refractivity contribution is 5.81. The van der Waals surface area contributed by atoms with Gasteiger partial charge >= 0.3 is 5.97 Å². The van der Waals surface area contributed by atoms with Gasteiger partial charge in [-0.2, -0.15) is 0 Å². The Balaban J connectivity index is 2.21. The molecular formula is C19H20N2O5. The van der Waals surface area contributed by atoms with Crippen LogP contribution in [-0.2, 0) is 9.53 Å². The molecule has 2 N–H and O–H groups in total. The number of nitrogens with one attached hydrogen (secondary N) is 1. The van der Waals surface area contributed by atoms with E-state index in [2.05, 4.69) is 5.32 Å². The van der Waals surface area contributed by atoms with Crippen LogP contribution in [0.25, 0.3) is 0 Å². The molecule has 0 saturated carbocycles. The van der Waals surface area contributed by atoms with E-state index in [1.165, 1.54) is 18.2 Å². The molecule has 1 unspecified atom stereocenters. The summed E-state index contributed by atoms with van der Waals surface area (Å²) in [4.78, 5) is 21.8. The number of para-hydroxylation sites is 2. The lowest BCUT2D eigenvalue weighted by atomic mass is 10.0. The van der Waals surface area contributed by atoms with Crippen molar-refractivity contribution in [1.29, 1.82) is 0 Å². The summed E-state index contributed by atoms with van der Waals surface area (Å²) < 4.78 is 4.85. The molecule has 26 heavy (non-hydrogen) atoms. The Kier molecular flexibility index (Phi) is 6.73. The third-order valence-electron chi connectivity index (χ3n) is 3.65. The molecule has 0 amide bonds. The van der Waals surface area contributed by atoms with Gasteiger partial charge < -0.3 is 15.2 Å². The summed E-state index contributed by atoms with van der Waals surface area (Å²) in [6, 6.07) is 12.6. The van der Waals surface area contributed by atoms with E-state index >= 15 is 0 Å². The monoisotopic (exact) mass is 356 g/mol. The summed E-state index contributed by atoms with van der Waals surface area (Å²) >= 11 is 0. The lowest BCUT2D eigenvalue weighted by Gasteiger charge is -2.19. The maximum Gasteiger partial charge on any atom is 0.330 e. The third-order valence-corrected chi connectivity index (χ3v) is 3.65. The molecule has 0 aliphatic heterocycles. The molecule has 0 aliphatic carbocycles. The fourth-order valence-corrected chi connectivity index (χ4v) is 2.38. The van der Waals surface area contributed by atoms with Gasteiger partial charge in [0.05, 0.1) is 23.3 Å². The number of benzene rings is 2. The van der Waals surface area contributed by atoms with Gasteiger partial charge in [-0.25, -0.2) is 4.79 Å². The van der Waals surface area contributed by atoms with Crippen LogP contribution in [0.4, 0.5) is 11.4 Å². The van der Waals surface area contributed by atoms with Gasteiger partial charge in [-0.3, -0.25) is 10.1 Å². The minimum atomic E-state index is -0.462. The van der Waals surface area contributed by atoms with Crippen molar-refractivity contribution in [3.63, 3.8) is 0 Å². The standard InChI is InChI=1S/C19H20N2O5/c1-2-26-19(23)9-5-7-16(20-17-6-3-4-8-18(17)22)14-10-12-15(13-11-14)21(24)25/h3-6,8-13,16,20,22H,2,7H2,1H3/b9-5+. The number of aromatic hydroxyl groups is 1. The van der Waals surface area contributed by atoms with Gasteiger partial charge in [-0.1, -0.05) is 30.3 Å². The number of esters is 1. The number of nitrogens with zero attached hydrogens (tertiary/aromatic N) is 1. The molecule has 0 heterocycles. The van der Waals surface area contributed by atoms with Crippen LogP contribution in [0, 0.1) is 10.1 Å². The van der Waals surface area contributed by atoms with Crippen LogP contribution < -0.4 is 5.32 Å². The molecular weight excluding hydrogens is 336 g/mol. The highest BCUT2D eigenvalue weighted by Gasteiger charge is 2.14.